The molecule has 0 radical (unpaired) electrons. The molecule has 2 unspecified atom stereocenters. The number of methoxy groups -OCH3 is 1. The normalized spacial score (nSPS) is 29.3. The smallest absolute Gasteiger partial charge is 0.310 e. The molecule has 1 N–H and O–H groups in total. The number of hydrogen-bond donors (Lipinski definition) is 1. The number of rotatable bonds is 5. The highest BCUT2D eigenvalue weighted by Crippen LogP contribution is 2.31. The van der Waals surface area contributed by atoms with Crippen LogP contribution in [0.15, 0.2) is 0 Å². The Morgan fingerprint density at radius 2 is 2.33 bits per heavy atom. The third kappa shape index (κ3) is 2.92. The lowest BCUT2D eigenvalue weighted by molar-refractivity contribution is -0.147. The molecule has 1 aliphatic rings. The van der Waals surface area contributed by atoms with Gasteiger partial charge in [-0.25, -0.2) is 0 Å². The summed E-state index contributed by atoms with van der Waals surface area (Å²) >= 11 is 0. The van der Waals surface area contributed by atoms with Gasteiger partial charge >= 0.3 is 5.97 Å². The Bertz CT molecular complexity index is 232. The topological polar surface area (TPSA) is 49.8 Å². The number of aliphatic carboxylic acids is 1. The van der Waals surface area contributed by atoms with Gasteiger partial charge in [0.25, 0.3) is 0 Å². The Morgan fingerprint density at radius 3 is 2.80 bits per heavy atom. The van der Waals surface area contributed by atoms with E-state index < -0.39 is 11.4 Å². The molecule has 1 fully saturated rings. The first kappa shape index (κ1) is 12.5. The average Bonchev–Trinajstić information content (AvgIpc) is 2.59. The number of ether oxygens (including phenoxy) is 1. The molecule has 15 heavy (non-hydrogen) atoms. The number of hydrogen-bond acceptors (Lipinski definition) is 3. The first-order valence-corrected chi connectivity index (χ1v) is 5.46. The van der Waals surface area contributed by atoms with Crippen molar-refractivity contribution in [1.29, 1.82) is 0 Å². The summed E-state index contributed by atoms with van der Waals surface area (Å²) in [5, 5.41) is 9.10. The SMILES string of the molecule is COCCC(C)N1CCC(C)(C(=O)O)C1. The zero-order chi connectivity index (χ0) is 11.5. The van der Waals surface area contributed by atoms with Crippen LogP contribution in [0.4, 0.5) is 0 Å². The molecule has 0 saturated carbocycles. The van der Waals surface area contributed by atoms with Crippen molar-refractivity contribution in [2.75, 3.05) is 26.8 Å². The Hall–Kier alpha value is -0.610. The molecule has 1 saturated heterocycles. The molecular weight excluding hydrogens is 194 g/mol. The molecule has 88 valence electrons. The van der Waals surface area contributed by atoms with E-state index in [-0.39, 0.29) is 0 Å². The number of carbonyl (C=O) groups is 1. The minimum absolute atomic E-state index is 0.408. The zero-order valence-corrected chi connectivity index (χ0v) is 9.82. The van der Waals surface area contributed by atoms with Crippen LogP contribution in [0.5, 0.6) is 0 Å². The lowest BCUT2D eigenvalue weighted by Gasteiger charge is -2.25. The lowest BCUT2D eigenvalue weighted by atomic mass is 9.90. The summed E-state index contributed by atoms with van der Waals surface area (Å²) in [5.41, 5.74) is -0.554. The van der Waals surface area contributed by atoms with Gasteiger partial charge in [0, 0.05) is 26.3 Å². The monoisotopic (exact) mass is 215 g/mol. The summed E-state index contributed by atoms with van der Waals surface area (Å²) < 4.78 is 5.03. The number of carboxylic acid groups (broad SMARTS) is 1. The molecule has 0 aliphatic carbocycles. The number of carboxylic acids is 1. The van der Waals surface area contributed by atoms with Crippen LogP contribution in [0.25, 0.3) is 0 Å². The molecule has 1 heterocycles. The molecule has 0 aromatic carbocycles. The Labute approximate surface area is 91.2 Å². The van der Waals surface area contributed by atoms with E-state index in [1.165, 1.54) is 0 Å². The first-order valence-electron chi connectivity index (χ1n) is 5.46. The maximum atomic E-state index is 11.1. The van der Waals surface area contributed by atoms with Gasteiger partial charge in [0.05, 0.1) is 5.41 Å². The van der Waals surface area contributed by atoms with Crippen molar-refractivity contribution in [3.8, 4) is 0 Å². The Morgan fingerprint density at radius 1 is 1.67 bits per heavy atom. The van der Waals surface area contributed by atoms with E-state index in [9.17, 15) is 4.79 Å². The second-order valence-corrected chi connectivity index (χ2v) is 4.72. The van der Waals surface area contributed by atoms with E-state index in [0.29, 0.717) is 12.6 Å². The van der Waals surface area contributed by atoms with Gasteiger partial charge < -0.3 is 9.84 Å². The first-order chi connectivity index (χ1) is 6.99. The largest absolute Gasteiger partial charge is 0.481 e. The molecule has 1 rings (SSSR count). The van der Waals surface area contributed by atoms with Crippen LogP contribution in [0.1, 0.15) is 26.7 Å². The fraction of sp³-hybridized carbons (Fsp3) is 0.909. The average molecular weight is 215 g/mol. The van der Waals surface area contributed by atoms with Gasteiger partial charge in [0.2, 0.25) is 0 Å². The van der Waals surface area contributed by atoms with Gasteiger partial charge in [0.15, 0.2) is 0 Å². The predicted molar refractivity (Wildman–Crippen MR) is 57.9 cm³/mol. The van der Waals surface area contributed by atoms with Crippen molar-refractivity contribution in [3.63, 3.8) is 0 Å². The van der Waals surface area contributed by atoms with E-state index in [0.717, 1.165) is 26.0 Å². The maximum absolute atomic E-state index is 11.1. The van der Waals surface area contributed by atoms with Crippen LogP contribution < -0.4 is 0 Å². The van der Waals surface area contributed by atoms with Crippen molar-refractivity contribution < 1.29 is 14.6 Å². The molecule has 0 aromatic rings. The predicted octanol–water partition coefficient (Wildman–Crippen LogP) is 1.21. The Kier molecular flexibility index (Phi) is 4.11. The van der Waals surface area contributed by atoms with Crippen molar-refractivity contribution in [2.45, 2.75) is 32.7 Å². The lowest BCUT2D eigenvalue weighted by Crippen LogP contribution is -2.36. The maximum Gasteiger partial charge on any atom is 0.310 e. The molecule has 0 bridgehead atoms. The van der Waals surface area contributed by atoms with Gasteiger partial charge in [-0.05, 0) is 33.2 Å². The van der Waals surface area contributed by atoms with Gasteiger partial charge in [-0.2, -0.15) is 0 Å². The van der Waals surface area contributed by atoms with Crippen LogP contribution in [-0.4, -0.2) is 48.8 Å². The highest BCUT2D eigenvalue weighted by Gasteiger charge is 2.41. The summed E-state index contributed by atoms with van der Waals surface area (Å²) in [5.74, 6) is -0.677. The minimum atomic E-state index is -0.677. The quantitative estimate of drug-likeness (QED) is 0.749. The molecule has 4 heteroatoms. The van der Waals surface area contributed by atoms with E-state index in [4.69, 9.17) is 9.84 Å². The van der Waals surface area contributed by atoms with Gasteiger partial charge in [-0.15, -0.1) is 0 Å². The van der Waals surface area contributed by atoms with Crippen molar-refractivity contribution in [2.24, 2.45) is 5.41 Å². The van der Waals surface area contributed by atoms with Crippen LogP contribution in [0.3, 0.4) is 0 Å². The molecular formula is C11H21NO3. The molecule has 0 spiro atoms. The summed E-state index contributed by atoms with van der Waals surface area (Å²) in [6.45, 7) is 6.24. The van der Waals surface area contributed by atoms with Gasteiger partial charge in [-0.3, -0.25) is 9.69 Å². The highest BCUT2D eigenvalue weighted by atomic mass is 16.5. The fourth-order valence-electron chi connectivity index (χ4n) is 2.02. The third-order valence-corrected chi connectivity index (χ3v) is 3.38. The van der Waals surface area contributed by atoms with E-state index >= 15 is 0 Å². The molecule has 2 atom stereocenters. The van der Waals surface area contributed by atoms with Crippen molar-refractivity contribution in [1.82, 2.24) is 4.90 Å². The number of likely N-dealkylation sites (tertiary alicyclic amines) is 1. The highest BCUT2D eigenvalue weighted by molar-refractivity contribution is 5.74. The van der Waals surface area contributed by atoms with Gasteiger partial charge in [0.1, 0.15) is 0 Å². The van der Waals surface area contributed by atoms with Crippen LogP contribution >= 0.6 is 0 Å². The second-order valence-electron chi connectivity index (χ2n) is 4.72. The van der Waals surface area contributed by atoms with Crippen LogP contribution in [0.2, 0.25) is 0 Å². The summed E-state index contributed by atoms with van der Waals surface area (Å²) in [6.07, 6.45) is 1.71. The van der Waals surface area contributed by atoms with Gasteiger partial charge in [-0.1, -0.05) is 0 Å². The summed E-state index contributed by atoms with van der Waals surface area (Å²) in [6, 6.07) is 0.408. The fourth-order valence-corrected chi connectivity index (χ4v) is 2.02. The summed E-state index contributed by atoms with van der Waals surface area (Å²) in [7, 11) is 1.69. The van der Waals surface area contributed by atoms with E-state index in [2.05, 4.69) is 11.8 Å². The van der Waals surface area contributed by atoms with E-state index in [1.807, 2.05) is 6.92 Å². The Balaban J connectivity index is 2.45. The van der Waals surface area contributed by atoms with E-state index in [1.54, 1.807) is 7.11 Å². The summed E-state index contributed by atoms with van der Waals surface area (Å²) in [4.78, 5) is 13.3. The minimum Gasteiger partial charge on any atom is -0.481 e. The number of nitrogens with zero attached hydrogens (tertiary/aromatic N) is 1. The third-order valence-electron chi connectivity index (χ3n) is 3.38. The zero-order valence-electron chi connectivity index (χ0n) is 9.82. The second kappa shape index (κ2) is 4.94. The molecule has 1 aliphatic heterocycles. The van der Waals surface area contributed by atoms with Crippen molar-refractivity contribution >= 4 is 5.97 Å². The standard InChI is InChI=1S/C11H21NO3/c1-9(4-7-15-3)12-6-5-11(2,8-12)10(13)14/h9H,4-8H2,1-3H3,(H,13,14). The van der Waals surface area contributed by atoms with Crippen molar-refractivity contribution in [3.05, 3.63) is 0 Å². The van der Waals surface area contributed by atoms with Crippen LogP contribution in [-0.2, 0) is 9.53 Å². The van der Waals surface area contributed by atoms with Crippen LogP contribution in [0, 0.1) is 5.41 Å². The molecule has 4 nitrogen and oxygen atoms in total. The molecule has 0 aromatic heterocycles. The molecule has 0 amide bonds.